The van der Waals surface area contributed by atoms with Crippen LogP contribution in [-0.4, -0.2) is 10.4 Å². The molecule has 0 bridgehead atoms. The predicted octanol–water partition coefficient (Wildman–Crippen LogP) is 6.44. The van der Waals surface area contributed by atoms with Gasteiger partial charge in [-0.1, -0.05) is 66.2 Å². The molecule has 0 unspecified atom stereocenters. The third kappa shape index (κ3) is 3.14. The van der Waals surface area contributed by atoms with Crippen molar-refractivity contribution in [2.24, 2.45) is 17.3 Å². The summed E-state index contributed by atoms with van der Waals surface area (Å²) in [5, 5.41) is 9.86. The Balaban J connectivity index is 1.92. The third-order valence-corrected chi connectivity index (χ3v) is 4.94. The fourth-order valence-corrected chi connectivity index (χ4v) is 3.50. The number of aromatic nitrogens is 1. The van der Waals surface area contributed by atoms with Gasteiger partial charge >= 0.3 is 0 Å². The fraction of sp³-hybridized carbons (Fsp3) is 0.125. The third-order valence-electron chi connectivity index (χ3n) is 4.94. The van der Waals surface area contributed by atoms with Crippen molar-refractivity contribution in [3.8, 4) is 0 Å². The molecule has 28 heavy (non-hydrogen) atoms. The zero-order valence-electron chi connectivity index (χ0n) is 16.2. The molecule has 0 aliphatic carbocycles. The van der Waals surface area contributed by atoms with Gasteiger partial charge in [0, 0.05) is 18.0 Å². The van der Waals surface area contributed by atoms with E-state index in [0.717, 1.165) is 22.2 Å². The standard InChI is InChI=1S/C24H21N3O/c1-16-12-14-19(15-13-16)25-26-21-20-11-7-8-17(2)22(20)27(3)23(21)24(28)18-9-5-4-6-10-18/h4-15H,1-3H3/b26-25+. The second-order valence-electron chi connectivity index (χ2n) is 6.96. The second-order valence-corrected chi connectivity index (χ2v) is 6.96. The SMILES string of the molecule is Cc1ccc(/N=N/c2c(C(=O)c3ccccc3)n(C)c3c(C)cccc23)cc1. The van der Waals surface area contributed by atoms with Gasteiger partial charge in [0.25, 0.3) is 0 Å². The van der Waals surface area contributed by atoms with Crippen molar-refractivity contribution in [1.82, 2.24) is 4.57 Å². The van der Waals surface area contributed by atoms with Crippen molar-refractivity contribution in [1.29, 1.82) is 0 Å². The van der Waals surface area contributed by atoms with E-state index < -0.39 is 0 Å². The van der Waals surface area contributed by atoms with E-state index in [0.29, 0.717) is 16.9 Å². The molecule has 0 fully saturated rings. The van der Waals surface area contributed by atoms with Gasteiger partial charge in [0.2, 0.25) is 5.78 Å². The Bertz CT molecular complexity index is 1190. The van der Waals surface area contributed by atoms with Crippen LogP contribution in [-0.2, 0) is 7.05 Å². The van der Waals surface area contributed by atoms with Gasteiger partial charge in [0.1, 0.15) is 11.4 Å². The quantitative estimate of drug-likeness (QED) is 0.302. The smallest absolute Gasteiger partial charge is 0.211 e. The van der Waals surface area contributed by atoms with Crippen LogP contribution in [0.1, 0.15) is 27.2 Å². The molecule has 4 aromatic rings. The Morgan fingerprint density at radius 2 is 1.54 bits per heavy atom. The molecule has 4 rings (SSSR count). The lowest BCUT2D eigenvalue weighted by Crippen LogP contribution is -2.07. The van der Waals surface area contributed by atoms with E-state index in [-0.39, 0.29) is 5.78 Å². The highest BCUT2D eigenvalue weighted by Gasteiger charge is 2.23. The van der Waals surface area contributed by atoms with Gasteiger partial charge in [0.15, 0.2) is 0 Å². The maximum Gasteiger partial charge on any atom is 0.211 e. The van der Waals surface area contributed by atoms with Gasteiger partial charge in [-0.3, -0.25) is 4.79 Å². The molecule has 1 heterocycles. The molecular formula is C24H21N3O. The summed E-state index contributed by atoms with van der Waals surface area (Å²) in [7, 11) is 1.91. The van der Waals surface area contributed by atoms with Crippen LogP contribution in [0.25, 0.3) is 10.9 Å². The first-order chi connectivity index (χ1) is 13.6. The summed E-state index contributed by atoms with van der Waals surface area (Å²) < 4.78 is 1.93. The number of nitrogens with zero attached hydrogens (tertiary/aromatic N) is 3. The molecule has 0 radical (unpaired) electrons. The number of rotatable bonds is 4. The van der Waals surface area contributed by atoms with Crippen LogP contribution in [0.4, 0.5) is 11.4 Å². The summed E-state index contributed by atoms with van der Waals surface area (Å²) in [6.45, 7) is 4.07. The molecule has 4 nitrogen and oxygen atoms in total. The Morgan fingerprint density at radius 1 is 0.821 bits per heavy atom. The normalized spacial score (nSPS) is 11.4. The molecule has 0 saturated heterocycles. The lowest BCUT2D eigenvalue weighted by molar-refractivity contribution is 0.103. The van der Waals surface area contributed by atoms with E-state index in [1.54, 1.807) is 0 Å². The molecule has 0 atom stereocenters. The summed E-state index contributed by atoms with van der Waals surface area (Å²) in [6.07, 6.45) is 0. The van der Waals surface area contributed by atoms with Crippen molar-refractivity contribution in [2.75, 3.05) is 0 Å². The van der Waals surface area contributed by atoms with E-state index in [1.165, 1.54) is 5.56 Å². The zero-order valence-corrected chi connectivity index (χ0v) is 16.2. The van der Waals surface area contributed by atoms with Crippen molar-refractivity contribution >= 4 is 28.1 Å². The summed E-state index contributed by atoms with van der Waals surface area (Å²) >= 11 is 0. The monoisotopic (exact) mass is 367 g/mol. The van der Waals surface area contributed by atoms with Crippen molar-refractivity contribution in [3.05, 3.63) is 95.2 Å². The van der Waals surface area contributed by atoms with Crippen molar-refractivity contribution in [2.45, 2.75) is 13.8 Å². The number of hydrogen-bond donors (Lipinski definition) is 0. The Kier molecular flexibility index (Phi) is 4.62. The van der Waals surface area contributed by atoms with Gasteiger partial charge in [0.05, 0.1) is 11.2 Å². The lowest BCUT2D eigenvalue weighted by Gasteiger charge is -2.05. The minimum Gasteiger partial charge on any atom is -0.339 e. The molecule has 0 aliphatic rings. The largest absolute Gasteiger partial charge is 0.339 e. The highest BCUT2D eigenvalue weighted by atomic mass is 16.1. The number of aryl methyl sites for hydroxylation is 3. The molecule has 138 valence electrons. The number of ketones is 1. The number of benzene rings is 3. The van der Waals surface area contributed by atoms with Crippen LogP contribution in [0.15, 0.2) is 83.0 Å². The van der Waals surface area contributed by atoms with Crippen LogP contribution in [0.3, 0.4) is 0 Å². The fourth-order valence-electron chi connectivity index (χ4n) is 3.50. The van der Waals surface area contributed by atoms with E-state index >= 15 is 0 Å². The van der Waals surface area contributed by atoms with Crippen LogP contribution in [0.2, 0.25) is 0 Å². The van der Waals surface area contributed by atoms with Crippen LogP contribution >= 0.6 is 0 Å². The first-order valence-electron chi connectivity index (χ1n) is 9.22. The van der Waals surface area contributed by atoms with Gasteiger partial charge in [-0.25, -0.2) is 0 Å². The van der Waals surface area contributed by atoms with Crippen LogP contribution in [0.5, 0.6) is 0 Å². The second kappa shape index (κ2) is 7.24. The molecule has 0 spiro atoms. The molecule has 0 aliphatic heterocycles. The van der Waals surface area contributed by atoms with Gasteiger partial charge in [-0.2, -0.15) is 5.11 Å². The molecular weight excluding hydrogens is 346 g/mol. The molecule has 3 aromatic carbocycles. The Hall–Kier alpha value is -3.53. The predicted molar refractivity (Wildman–Crippen MR) is 113 cm³/mol. The highest BCUT2D eigenvalue weighted by Crippen LogP contribution is 2.36. The van der Waals surface area contributed by atoms with Gasteiger partial charge in [-0.15, -0.1) is 5.11 Å². The van der Waals surface area contributed by atoms with E-state index in [4.69, 9.17) is 0 Å². The maximum absolute atomic E-state index is 13.3. The topological polar surface area (TPSA) is 46.7 Å². The summed E-state index contributed by atoms with van der Waals surface area (Å²) in [6, 6.07) is 23.2. The summed E-state index contributed by atoms with van der Waals surface area (Å²) in [5.74, 6) is -0.0587. The average molecular weight is 367 g/mol. The van der Waals surface area contributed by atoms with Gasteiger partial charge < -0.3 is 4.57 Å². The van der Waals surface area contributed by atoms with Crippen molar-refractivity contribution < 1.29 is 4.79 Å². The average Bonchev–Trinajstić information content (AvgIpc) is 3.00. The number of para-hydroxylation sites is 1. The minimum absolute atomic E-state index is 0.0587. The lowest BCUT2D eigenvalue weighted by atomic mass is 10.1. The maximum atomic E-state index is 13.3. The highest BCUT2D eigenvalue weighted by molar-refractivity contribution is 6.16. The molecule has 4 heteroatoms. The van der Waals surface area contributed by atoms with Gasteiger partial charge in [-0.05, 0) is 31.5 Å². The Labute approximate surface area is 164 Å². The van der Waals surface area contributed by atoms with Crippen LogP contribution < -0.4 is 0 Å². The molecule has 0 saturated carbocycles. The first kappa shape index (κ1) is 17.9. The summed E-state index contributed by atoms with van der Waals surface area (Å²) in [4.78, 5) is 13.3. The molecule has 0 amide bonds. The van der Waals surface area contributed by atoms with E-state index in [9.17, 15) is 4.79 Å². The number of carbonyl (C=O) groups excluding carboxylic acids is 1. The number of carbonyl (C=O) groups is 1. The summed E-state index contributed by atoms with van der Waals surface area (Å²) in [5.41, 5.74) is 5.81. The minimum atomic E-state index is -0.0587. The first-order valence-corrected chi connectivity index (χ1v) is 9.22. The zero-order chi connectivity index (χ0) is 19.7. The van der Waals surface area contributed by atoms with E-state index in [1.807, 2.05) is 98.3 Å². The number of azo groups is 1. The van der Waals surface area contributed by atoms with E-state index in [2.05, 4.69) is 10.2 Å². The molecule has 0 N–H and O–H groups in total. The number of hydrogen-bond acceptors (Lipinski definition) is 3. The Morgan fingerprint density at radius 3 is 2.25 bits per heavy atom. The number of fused-ring (bicyclic) bond motifs is 1. The van der Waals surface area contributed by atoms with Crippen LogP contribution in [0, 0.1) is 13.8 Å². The molecule has 1 aromatic heterocycles. The van der Waals surface area contributed by atoms with Crippen molar-refractivity contribution in [3.63, 3.8) is 0 Å².